The zero-order chi connectivity index (χ0) is 19.0. The largest absolute Gasteiger partial charge is 0.464 e. The highest BCUT2D eigenvalue weighted by Crippen LogP contribution is 2.45. The highest BCUT2D eigenvalue weighted by atomic mass is 79.9. The van der Waals surface area contributed by atoms with Crippen LogP contribution >= 0.6 is 15.9 Å². The van der Waals surface area contributed by atoms with Crippen LogP contribution in [0.2, 0.25) is 0 Å². The number of alkyl halides is 1. The van der Waals surface area contributed by atoms with Crippen LogP contribution in [0.25, 0.3) is 0 Å². The first-order chi connectivity index (χ1) is 12.5. The van der Waals surface area contributed by atoms with E-state index in [0.29, 0.717) is 0 Å². The topological polar surface area (TPSA) is 73.9 Å². The molecule has 0 fully saturated rings. The number of benzene rings is 2. The van der Waals surface area contributed by atoms with Gasteiger partial charge in [-0.3, -0.25) is 0 Å². The molecule has 0 amide bonds. The van der Waals surface area contributed by atoms with Crippen molar-refractivity contribution in [3.05, 3.63) is 71.8 Å². The van der Waals surface area contributed by atoms with Gasteiger partial charge in [-0.2, -0.15) is 10.5 Å². The maximum Gasteiger partial charge on any atom is 0.339 e. The van der Waals surface area contributed by atoms with Crippen LogP contribution in [-0.2, 0) is 22.4 Å². The average Bonchev–Trinajstić information content (AvgIpc) is 2.68. The summed E-state index contributed by atoms with van der Waals surface area (Å²) in [4.78, 5) is 12.6. The Balaban J connectivity index is 2.57. The van der Waals surface area contributed by atoms with Gasteiger partial charge in [-0.1, -0.05) is 76.6 Å². The summed E-state index contributed by atoms with van der Waals surface area (Å²) in [7, 11) is 0. The van der Waals surface area contributed by atoms with Crippen molar-refractivity contribution in [2.24, 2.45) is 5.41 Å². The molecule has 0 N–H and O–H groups in total. The molecule has 0 aromatic heterocycles. The zero-order valence-corrected chi connectivity index (χ0v) is 16.1. The van der Waals surface area contributed by atoms with Gasteiger partial charge in [0.1, 0.15) is 5.41 Å². The van der Waals surface area contributed by atoms with Gasteiger partial charge >= 0.3 is 5.97 Å². The molecule has 0 saturated heterocycles. The Morgan fingerprint density at radius 2 is 1.42 bits per heavy atom. The van der Waals surface area contributed by atoms with Gasteiger partial charge in [0.15, 0.2) is 0 Å². The Bertz CT molecular complexity index is 783. The first kappa shape index (κ1) is 19.7. The molecule has 2 rings (SSSR count). The predicted octanol–water partition coefficient (Wildman–Crippen LogP) is 4.20. The number of carbonyl (C=O) groups is 1. The van der Waals surface area contributed by atoms with E-state index in [1.807, 2.05) is 66.7 Å². The van der Waals surface area contributed by atoms with Gasteiger partial charge < -0.3 is 4.74 Å². The number of hydrogen-bond donors (Lipinski definition) is 0. The Hall–Kier alpha value is -2.63. The quantitative estimate of drug-likeness (QED) is 0.506. The van der Waals surface area contributed by atoms with Crippen LogP contribution in [0.4, 0.5) is 0 Å². The third-order valence-electron chi connectivity index (χ3n) is 4.28. The van der Waals surface area contributed by atoms with E-state index < -0.39 is 15.7 Å². The highest BCUT2D eigenvalue weighted by Gasteiger charge is 2.57. The van der Waals surface area contributed by atoms with E-state index in [-0.39, 0.29) is 19.4 Å². The highest BCUT2D eigenvalue weighted by molar-refractivity contribution is 9.10. The second-order valence-corrected chi connectivity index (χ2v) is 7.20. The van der Waals surface area contributed by atoms with Gasteiger partial charge in [-0.15, -0.1) is 0 Å². The SMILES string of the molecule is CCOC(=O)C(Br)(C#N)C(C#N)(Cc1ccccc1)Cc1ccccc1. The fourth-order valence-corrected chi connectivity index (χ4v) is 3.41. The molecule has 0 spiro atoms. The lowest BCUT2D eigenvalue weighted by molar-refractivity contribution is -0.146. The van der Waals surface area contributed by atoms with Crippen LogP contribution in [0.3, 0.4) is 0 Å². The minimum atomic E-state index is -1.78. The summed E-state index contributed by atoms with van der Waals surface area (Å²) in [5, 5.41) is 20.0. The second kappa shape index (κ2) is 8.65. The van der Waals surface area contributed by atoms with Crippen molar-refractivity contribution in [2.45, 2.75) is 24.1 Å². The van der Waals surface area contributed by atoms with E-state index in [2.05, 4.69) is 22.0 Å². The van der Waals surface area contributed by atoms with Crippen LogP contribution in [0.15, 0.2) is 60.7 Å². The normalized spacial score (nSPS) is 13.1. The van der Waals surface area contributed by atoms with E-state index in [1.165, 1.54) is 0 Å². The molecule has 1 atom stereocenters. The van der Waals surface area contributed by atoms with Crippen molar-refractivity contribution in [1.82, 2.24) is 0 Å². The lowest BCUT2D eigenvalue weighted by Crippen LogP contribution is -2.51. The first-order valence-electron chi connectivity index (χ1n) is 8.28. The molecular weight excluding hydrogens is 392 g/mol. The van der Waals surface area contributed by atoms with E-state index in [0.717, 1.165) is 11.1 Å². The zero-order valence-electron chi connectivity index (χ0n) is 14.5. The lowest BCUT2D eigenvalue weighted by Gasteiger charge is -2.36. The van der Waals surface area contributed by atoms with Crippen LogP contribution in [0, 0.1) is 28.1 Å². The molecule has 2 aromatic rings. The molecule has 0 aliphatic rings. The number of hydrogen-bond acceptors (Lipinski definition) is 4. The second-order valence-electron chi connectivity index (χ2n) is 6.01. The maximum absolute atomic E-state index is 12.6. The predicted molar refractivity (Wildman–Crippen MR) is 102 cm³/mol. The molecule has 4 nitrogen and oxygen atoms in total. The molecule has 26 heavy (non-hydrogen) atoms. The monoisotopic (exact) mass is 410 g/mol. The van der Waals surface area contributed by atoms with Crippen molar-refractivity contribution in [1.29, 1.82) is 10.5 Å². The standard InChI is InChI=1S/C21H19BrN2O2/c1-2-26-19(25)21(22,16-24)20(15-23,13-17-9-5-3-6-10-17)14-18-11-7-4-8-12-18/h3-12H,2,13-14H2,1H3. The molecule has 5 heteroatoms. The van der Waals surface area contributed by atoms with Crippen molar-refractivity contribution >= 4 is 21.9 Å². The van der Waals surface area contributed by atoms with E-state index in [4.69, 9.17) is 4.74 Å². The number of halogens is 1. The van der Waals surface area contributed by atoms with Crippen LogP contribution in [0.5, 0.6) is 0 Å². The fourth-order valence-electron chi connectivity index (χ4n) is 2.93. The van der Waals surface area contributed by atoms with Crippen molar-refractivity contribution < 1.29 is 9.53 Å². The van der Waals surface area contributed by atoms with Crippen molar-refractivity contribution in [3.63, 3.8) is 0 Å². The fraction of sp³-hybridized carbons (Fsp3) is 0.286. The molecule has 0 bridgehead atoms. The molecule has 0 aliphatic carbocycles. The minimum Gasteiger partial charge on any atom is -0.464 e. The molecular formula is C21H19BrN2O2. The molecule has 132 valence electrons. The summed E-state index contributed by atoms with van der Waals surface area (Å²) in [5.41, 5.74) is 0.401. The molecule has 1 unspecified atom stereocenters. The van der Waals surface area contributed by atoms with Gasteiger partial charge in [0.2, 0.25) is 4.32 Å². The van der Waals surface area contributed by atoms with Crippen molar-refractivity contribution in [2.75, 3.05) is 6.61 Å². The van der Waals surface area contributed by atoms with Crippen LogP contribution in [0.1, 0.15) is 18.1 Å². The third-order valence-corrected chi connectivity index (χ3v) is 5.54. The molecule has 0 saturated carbocycles. The molecule has 2 aromatic carbocycles. The number of nitrogens with zero attached hydrogens (tertiary/aromatic N) is 2. The van der Waals surface area contributed by atoms with E-state index in [1.54, 1.807) is 6.92 Å². The number of nitriles is 2. The van der Waals surface area contributed by atoms with Gasteiger partial charge in [0.25, 0.3) is 0 Å². The maximum atomic E-state index is 12.6. The number of carbonyl (C=O) groups excluding carboxylic acids is 1. The van der Waals surface area contributed by atoms with Crippen LogP contribution < -0.4 is 0 Å². The number of esters is 1. The van der Waals surface area contributed by atoms with Gasteiger partial charge in [-0.05, 0) is 30.9 Å². The molecule has 0 aliphatic heterocycles. The van der Waals surface area contributed by atoms with Gasteiger partial charge in [0.05, 0.1) is 18.7 Å². The lowest BCUT2D eigenvalue weighted by atomic mass is 9.68. The summed E-state index contributed by atoms with van der Waals surface area (Å²) < 4.78 is 3.34. The summed E-state index contributed by atoms with van der Waals surface area (Å²) in [6.45, 7) is 1.80. The van der Waals surface area contributed by atoms with Crippen molar-refractivity contribution in [3.8, 4) is 12.1 Å². The van der Waals surface area contributed by atoms with Crippen LogP contribution in [-0.4, -0.2) is 16.9 Å². The number of rotatable bonds is 7. The summed E-state index contributed by atoms with van der Waals surface area (Å²) in [5.74, 6) is -0.740. The Labute approximate surface area is 162 Å². The van der Waals surface area contributed by atoms with Gasteiger partial charge in [-0.25, -0.2) is 4.79 Å². The average molecular weight is 411 g/mol. The molecule has 0 radical (unpaired) electrons. The van der Waals surface area contributed by atoms with E-state index >= 15 is 0 Å². The molecule has 0 heterocycles. The third kappa shape index (κ3) is 3.95. The summed E-state index contributed by atoms with van der Waals surface area (Å²) >= 11 is 3.29. The Morgan fingerprint density at radius 3 is 1.77 bits per heavy atom. The summed E-state index contributed by atoms with van der Waals surface area (Å²) in [6.07, 6.45) is 0.466. The van der Waals surface area contributed by atoms with Gasteiger partial charge in [0, 0.05) is 0 Å². The van der Waals surface area contributed by atoms with E-state index in [9.17, 15) is 15.3 Å². The number of ether oxygens (including phenoxy) is 1. The Morgan fingerprint density at radius 1 is 0.962 bits per heavy atom. The minimum absolute atomic E-state index is 0.131. The smallest absolute Gasteiger partial charge is 0.339 e. The summed E-state index contributed by atoms with van der Waals surface area (Å²) in [6, 6.07) is 23.0. The Kier molecular flexibility index (Phi) is 6.55. The first-order valence-corrected chi connectivity index (χ1v) is 9.07.